The van der Waals surface area contributed by atoms with Crippen LogP contribution in [0.25, 0.3) is 49.7 Å². The normalized spacial score (nSPS) is 18.0. The van der Waals surface area contributed by atoms with Crippen LogP contribution in [0.5, 0.6) is 0 Å². The van der Waals surface area contributed by atoms with Crippen molar-refractivity contribution in [2.45, 2.75) is 93.9 Å². The fourth-order valence-corrected chi connectivity index (χ4v) is 17.8. The number of rotatable bonds is 3. The minimum absolute atomic E-state index is 0.0123. The highest BCUT2D eigenvalue weighted by atomic mass is 32.1. The summed E-state index contributed by atoms with van der Waals surface area (Å²) >= 11 is 11.1. The van der Waals surface area contributed by atoms with Crippen LogP contribution in [-0.4, -0.2) is 35.7 Å². The monoisotopic (exact) mass is 798 g/mol. The maximum atomic E-state index is 14.2. The Labute approximate surface area is 329 Å². The number of aryl methyl sites for hydroxylation is 6. The average Bonchev–Trinajstić information content (AvgIpc) is 3.94. The number of amides is 2. The molecule has 0 radical (unpaired) electrons. The summed E-state index contributed by atoms with van der Waals surface area (Å²) in [6.45, 7) is 27.6. The van der Waals surface area contributed by atoms with Gasteiger partial charge in [-0.3, -0.25) is 9.59 Å². The molecule has 8 heterocycles. The Hall–Kier alpha value is -2.86. The van der Waals surface area contributed by atoms with Crippen LogP contribution in [0.4, 0.5) is 0 Å². The van der Waals surface area contributed by atoms with E-state index >= 15 is 0 Å². The lowest BCUT2D eigenvalue weighted by Gasteiger charge is -2.47. The number of hydrogen-bond donors (Lipinski definition) is 0. The van der Waals surface area contributed by atoms with Crippen LogP contribution in [0, 0.1) is 55.4 Å². The molecule has 10 heteroatoms. The van der Waals surface area contributed by atoms with E-state index in [0.717, 1.165) is 32.3 Å². The van der Waals surface area contributed by atoms with Gasteiger partial charge < -0.3 is 9.80 Å². The molecular weight excluding hydrogens is 757 g/mol. The van der Waals surface area contributed by atoms with Crippen LogP contribution in [-0.2, 0) is 20.4 Å². The lowest BCUT2D eigenvalue weighted by molar-refractivity contribution is -0.123. The first-order valence-electron chi connectivity index (χ1n) is 17.6. The molecule has 0 spiro atoms. The van der Waals surface area contributed by atoms with Crippen molar-refractivity contribution in [3.8, 4) is 19.5 Å². The third-order valence-corrected chi connectivity index (χ3v) is 21.5. The number of nitrogens with zero attached hydrogens (tertiary/aromatic N) is 2. The zero-order chi connectivity index (χ0) is 37.4. The molecule has 2 amide bonds. The van der Waals surface area contributed by atoms with Gasteiger partial charge in [-0.15, -0.1) is 68.0 Å². The van der Waals surface area contributed by atoms with E-state index in [1.807, 2.05) is 48.1 Å². The largest absolute Gasteiger partial charge is 0.309 e. The lowest BCUT2D eigenvalue weighted by atomic mass is 9.57. The molecule has 3 aliphatic rings. The maximum Gasteiger partial charge on any atom is 0.261 e. The predicted molar refractivity (Wildman–Crippen MR) is 229 cm³/mol. The van der Waals surface area contributed by atoms with Crippen molar-refractivity contribution in [1.29, 1.82) is 0 Å². The van der Waals surface area contributed by atoms with Crippen molar-refractivity contribution >= 4 is 110 Å². The van der Waals surface area contributed by atoms with E-state index in [1.54, 1.807) is 43.8 Å². The van der Waals surface area contributed by atoms with E-state index in [-0.39, 0.29) is 22.6 Å². The van der Waals surface area contributed by atoms with Crippen LogP contribution in [0.15, 0.2) is 11.1 Å². The van der Waals surface area contributed by atoms with Crippen molar-refractivity contribution in [2.75, 3.05) is 14.1 Å². The third kappa shape index (κ3) is 4.01. The topological polar surface area (TPSA) is 40.6 Å². The molecule has 0 saturated heterocycles. The molecular formula is C42H42N2O2S6. The summed E-state index contributed by atoms with van der Waals surface area (Å²) in [4.78, 5) is 42.3. The molecule has 0 N–H and O–H groups in total. The van der Waals surface area contributed by atoms with Gasteiger partial charge in [-0.1, -0.05) is 27.7 Å². The summed E-state index contributed by atoms with van der Waals surface area (Å²) in [6.07, 6.45) is 0. The molecule has 0 atom stereocenters. The van der Waals surface area contributed by atoms with E-state index < -0.39 is 0 Å². The van der Waals surface area contributed by atoms with E-state index in [4.69, 9.17) is 0 Å². The quantitative estimate of drug-likeness (QED) is 0.179. The first-order valence-corrected chi connectivity index (χ1v) is 22.5. The average molecular weight is 799 g/mol. The van der Waals surface area contributed by atoms with Crippen LogP contribution in [0.3, 0.4) is 0 Å². The summed E-state index contributed by atoms with van der Waals surface area (Å²) in [6, 6.07) is 0. The number of likely N-dealkylation sites (N-methyl/N-ethyl adjacent to an activating group) is 2. The second-order valence-corrected chi connectivity index (χ2v) is 22.5. The Kier molecular flexibility index (Phi) is 7.30. The summed E-state index contributed by atoms with van der Waals surface area (Å²) in [5, 5.41) is 0. The number of carbonyl (C=O) groups excluding carboxylic acids is 2. The molecule has 0 unspecified atom stereocenters. The van der Waals surface area contributed by atoms with Crippen molar-refractivity contribution in [1.82, 2.24) is 9.80 Å². The molecule has 4 nitrogen and oxygen atoms in total. The van der Waals surface area contributed by atoms with Gasteiger partial charge >= 0.3 is 0 Å². The standard InChI is InChI=1S/C42H42N2O2S6/c1-15-21(7)48-37-25(15)41(9,10)42(11,12)26-17(3)32(52-38(26)37)35-20(6)36-34(51-35)19(5)30(50-36)28-24-23(39(45)44(28)14)27(43(13)40(24)46)29-18(4)33-31(49-29)16(2)22(8)47-33/h1-14H3. The van der Waals surface area contributed by atoms with Gasteiger partial charge in [0.05, 0.1) is 32.3 Å². The molecule has 1 aliphatic carbocycles. The van der Waals surface area contributed by atoms with Crippen molar-refractivity contribution < 1.29 is 9.59 Å². The Balaban J connectivity index is 1.21. The Morgan fingerprint density at radius 3 is 1.27 bits per heavy atom. The van der Waals surface area contributed by atoms with Gasteiger partial charge in [-0.25, -0.2) is 0 Å². The van der Waals surface area contributed by atoms with Crippen molar-refractivity contribution in [3.05, 3.63) is 75.2 Å². The zero-order valence-electron chi connectivity index (χ0n) is 32.2. The van der Waals surface area contributed by atoms with Crippen LogP contribution >= 0.6 is 68.0 Å². The fraction of sp³-hybridized carbons (Fsp3) is 0.381. The highest BCUT2D eigenvalue weighted by Crippen LogP contribution is 2.63. The Morgan fingerprint density at radius 2 is 0.769 bits per heavy atom. The van der Waals surface area contributed by atoms with Crippen LogP contribution < -0.4 is 0 Å². The number of hydrogen-bond acceptors (Lipinski definition) is 8. The van der Waals surface area contributed by atoms with E-state index in [2.05, 4.69) is 83.1 Å². The number of thiophene rings is 6. The van der Waals surface area contributed by atoms with Crippen molar-refractivity contribution in [2.24, 2.45) is 0 Å². The molecule has 6 aromatic heterocycles. The van der Waals surface area contributed by atoms with Gasteiger partial charge in [0.15, 0.2) is 0 Å². The predicted octanol–water partition coefficient (Wildman–Crippen LogP) is 12.8. The van der Waals surface area contributed by atoms with Gasteiger partial charge in [0.2, 0.25) is 0 Å². The number of carbonyl (C=O) groups is 2. The van der Waals surface area contributed by atoms with Gasteiger partial charge in [0, 0.05) is 73.0 Å². The van der Waals surface area contributed by atoms with Crippen LogP contribution in [0.1, 0.15) is 91.7 Å². The molecule has 9 rings (SSSR count). The molecule has 6 aromatic rings. The molecule has 268 valence electrons. The first-order chi connectivity index (χ1) is 24.3. The SMILES string of the molecule is Cc1sc2c(c1C)C(C)(C)C(C)(C)c1c-2sc(-c2sc3c(C)c(C4=C5C(=O)N(C)C(c6sc7c(C)c(C)sc7c6C)=C5C(=O)N4C)sc3c2C)c1C. The second-order valence-electron chi connectivity index (χ2n) is 15.9. The van der Waals surface area contributed by atoms with Gasteiger partial charge in [-0.05, 0) is 99.9 Å². The van der Waals surface area contributed by atoms with E-state index in [9.17, 15) is 9.59 Å². The highest BCUT2D eigenvalue weighted by Gasteiger charge is 2.51. The third-order valence-electron chi connectivity index (χ3n) is 12.8. The van der Waals surface area contributed by atoms with E-state index in [1.165, 1.54) is 81.4 Å². The lowest BCUT2D eigenvalue weighted by Crippen LogP contribution is -2.43. The number of fused-ring (bicyclic) bond motifs is 6. The van der Waals surface area contributed by atoms with Gasteiger partial charge in [-0.2, -0.15) is 0 Å². The first kappa shape index (κ1) is 34.9. The van der Waals surface area contributed by atoms with E-state index in [0.29, 0.717) is 11.1 Å². The molecule has 52 heavy (non-hydrogen) atoms. The Morgan fingerprint density at radius 1 is 0.404 bits per heavy atom. The molecule has 2 aliphatic heterocycles. The highest BCUT2D eigenvalue weighted by molar-refractivity contribution is 7.33. The summed E-state index contributed by atoms with van der Waals surface area (Å²) < 4.78 is 5.03. The summed E-state index contributed by atoms with van der Waals surface area (Å²) in [5.41, 5.74) is 13.4. The minimum atomic E-state index is -0.0981. The molecule has 0 fully saturated rings. The van der Waals surface area contributed by atoms with Gasteiger partial charge in [0.25, 0.3) is 11.8 Å². The fourth-order valence-electron chi connectivity index (χ4n) is 8.94. The van der Waals surface area contributed by atoms with Gasteiger partial charge in [0.1, 0.15) is 0 Å². The van der Waals surface area contributed by atoms with Crippen LogP contribution in [0.2, 0.25) is 0 Å². The van der Waals surface area contributed by atoms with Crippen molar-refractivity contribution in [3.63, 3.8) is 0 Å². The molecule has 0 saturated carbocycles. The molecule has 0 bridgehead atoms. The minimum Gasteiger partial charge on any atom is -0.309 e. The zero-order valence-corrected chi connectivity index (χ0v) is 37.1. The second kappa shape index (κ2) is 10.9. The summed E-state index contributed by atoms with van der Waals surface area (Å²) in [5.74, 6) is -0.196. The maximum absolute atomic E-state index is 14.2. The smallest absolute Gasteiger partial charge is 0.261 e. The summed E-state index contributed by atoms with van der Waals surface area (Å²) in [7, 11) is 3.67. The Bertz CT molecular complexity index is 2740. The molecule has 0 aromatic carbocycles.